The summed E-state index contributed by atoms with van der Waals surface area (Å²) in [6.07, 6.45) is 0.836. The van der Waals surface area contributed by atoms with Gasteiger partial charge in [0.2, 0.25) is 5.91 Å². The van der Waals surface area contributed by atoms with Crippen molar-refractivity contribution in [1.82, 2.24) is 10.2 Å². The van der Waals surface area contributed by atoms with Gasteiger partial charge in [0.05, 0.1) is 5.75 Å². The van der Waals surface area contributed by atoms with Gasteiger partial charge in [-0.1, -0.05) is 72.3 Å². The standard InChI is InChI=1S/C26H26N2O2S/c1-19-6-5-9-21(16-19)17-27-25(30)22-10-12-23(13-11-22)26-28(24(29)18-31-26)15-14-20-7-3-2-4-8-20/h2-13,16,26H,14-15,17-18H2,1H3,(H,27,30)/t26-/m1/s1. The zero-order chi connectivity index (χ0) is 21.6. The van der Waals surface area contributed by atoms with E-state index in [4.69, 9.17) is 0 Å². The molecule has 2 amide bonds. The summed E-state index contributed by atoms with van der Waals surface area (Å²) in [4.78, 5) is 26.9. The number of carbonyl (C=O) groups excluding carboxylic acids is 2. The Morgan fingerprint density at radius 1 is 1.00 bits per heavy atom. The molecule has 1 atom stereocenters. The van der Waals surface area contributed by atoms with Crippen LogP contribution < -0.4 is 5.32 Å². The number of rotatable bonds is 7. The molecule has 1 fully saturated rings. The van der Waals surface area contributed by atoms with Gasteiger partial charge < -0.3 is 10.2 Å². The summed E-state index contributed by atoms with van der Waals surface area (Å²) in [6, 6.07) is 26.0. The maximum absolute atomic E-state index is 12.5. The highest BCUT2D eigenvalue weighted by atomic mass is 32.2. The van der Waals surface area contributed by atoms with E-state index < -0.39 is 0 Å². The molecular formula is C26H26N2O2S. The average Bonchev–Trinajstić information content (AvgIpc) is 3.17. The molecule has 4 nitrogen and oxygen atoms in total. The SMILES string of the molecule is Cc1cccc(CNC(=O)c2ccc([C@H]3SCC(=O)N3CCc3ccccc3)cc2)c1. The van der Waals surface area contributed by atoms with Gasteiger partial charge in [-0.15, -0.1) is 11.8 Å². The molecule has 3 aromatic rings. The summed E-state index contributed by atoms with van der Waals surface area (Å²) in [5.74, 6) is 0.577. The van der Waals surface area contributed by atoms with E-state index in [1.165, 1.54) is 11.1 Å². The van der Waals surface area contributed by atoms with Crippen LogP contribution in [0.1, 0.15) is 38.0 Å². The molecule has 0 aliphatic carbocycles. The van der Waals surface area contributed by atoms with Gasteiger partial charge in [-0.25, -0.2) is 0 Å². The number of benzene rings is 3. The van der Waals surface area contributed by atoms with Crippen LogP contribution >= 0.6 is 11.8 Å². The Morgan fingerprint density at radius 3 is 2.48 bits per heavy atom. The Bertz CT molecular complexity index is 1050. The van der Waals surface area contributed by atoms with Crippen molar-refractivity contribution in [3.05, 3.63) is 107 Å². The summed E-state index contributed by atoms with van der Waals surface area (Å²) in [5.41, 5.74) is 5.17. The predicted octanol–water partition coefficient (Wildman–Crippen LogP) is 4.74. The Balaban J connectivity index is 1.38. The van der Waals surface area contributed by atoms with Crippen molar-refractivity contribution in [2.75, 3.05) is 12.3 Å². The Hall–Kier alpha value is -3.05. The minimum atomic E-state index is -0.0934. The molecule has 1 aliphatic rings. The molecule has 1 heterocycles. The first-order valence-electron chi connectivity index (χ1n) is 10.5. The third-order valence-electron chi connectivity index (χ3n) is 5.45. The van der Waals surface area contributed by atoms with Crippen LogP contribution in [0.4, 0.5) is 0 Å². The molecule has 4 rings (SSSR count). The van der Waals surface area contributed by atoms with Gasteiger partial charge in [-0.3, -0.25) is 9.59 Å². The molecule has 0 bridgehead atoms. The molecular weight excluding hydrogens is 404 g/mol. The monoisotopic (exact) mass is 430 g/mol. The van der Waals surface area contributed by atoms with Crippen LogP contribution in [0.25, 0.3) is 0 Å². The minimum Gasteiger partial charge on any atom is -0.348 e. The third kappa shape index (κ3) is 5.36. The van der Waals surface area contributed by atoms with Crippen molar-refractivity contribution >= 4 is 23.6 Å². The molecule has 3 aromatic carbocycles. The van der Waals surface area contributed by atoms with Crippen LogP contribution in [-0.4, -0.2) is 29.0 Å². The largest absolute Gasteiger partial charge is 0.348 e. The lowest BCUT2D eigenvalue weighted by molar-refractivity contribution is -0.128. The van der Waals surface area contributed by atoms with E-state index in [-0.39, 0.29) is 17.2 Å². The molecule has 1 aliphatic heterocycles. The number of carbonyl (C=O) groups is 2. The molecule has 0 unspecified atom stereocenters. The van der Waals surface area contributed by atoms with Crippen LogP contribution in [0.2, 0.25) is 0 Å². The summed E-state index contributed by atoms with van der Waals surface area (Å²) in [7, 11) is 0. The molecule has 0 spiro atoms. The Kier molecular flexibility index (Phi) is 6.73. The zero-order valence-electron chi connectivity index (χ0n) is 17.6. The second kappa shape index (κ2) is 9.84. The molecule has 0 radical (unpaired) electrons. The summed E-state index contributed by atoms with van der Waals surface area (Å²) >= 11 is 1.65. The zero-order valence-corrected chi connectivity index (χ0v) is 18.4. The van der Waals surface area contributed by atoms with Gasteiger partial charge in [-0.05, 0) is 42.2 Å². The summed E-state index contributed by atoms with van der Waals surface area (Å²) in [5, 5.41) is 2.98. The van der Waals surface area contributed by atoms with Gasteiger partial charge in [0, 0.05) is 18.7 Å². The number of hydrogen-bond acceptors (Lipinski definition) is 3. The van der Waals surface area contributed by atoms with Gasteiger partial charge in [0.1, 0.15) is 5.37 Å². The van der Waals surface area contributed by atoms with E-state index in [1.807, 2.05) is 72.5 Å². The van der Waals surface area contributed by atoms with Crippen molar-refractivity contribution in [1.29, 1.82) is 0 Å². The van der Waals surface area contributed by atoms with Gasteiger partial charge in [0.25, 0.3) is 5.91 Å². The molecule has 1 saturated heterocycles. The van der Waals surface area contributed by atoms with Crippen molar-refractivity contribution in [3.8, 4) is 0 Å². The predicted molar refractivity (Wildman–Crippen MR) is 126 cm³/mol. The molecule has 158 valence electrons. The number of aryl methyl sites for hydroxylation is 1. The lowest BCUT2D eigenvalue weighted by Crippen LogP contribution is -2.30. The highest BCUT2D eigenvalue weighted by Gasteiger charge is 2.32. The number of thioether (sulfide) groups is 1. The van der Waals surface area contributed by atoms with E-state index in [0.717, 1.165) is 17.5 Å². The molecule has 0 saturated carbocycles. The van der Waals surface area contributed by atoms with Crippen LogP contribution in [0.5, 0.6) is 0 Å². The second-order valence-corrected chi connectivity index (χ2v) is 8.85. The highest BCUT2D eigenvalue weighted by Crippen LogP contribution is 2.38. The third-order valence-corrected chi connectivity index (χ3v) is 6.70. The van der Waals surface area contributed by atoms with E-state index in [9.17, 15) is 9.59 Å². The fourth-order valence-electron chi connectivity index (χ4n) is 3.77. The lowest BCUT2D eigenvalue weighted by Gasteiger charge is -2.24. The van der Waals surface area contributed by atoms with Crippen LogP contribution in [-0.2, 0) is 17.8 Å². The second-order valence-electron chi connectivity index (χ2n) is 7.78. The first-order valence-corrected chi connectivity index (χ1v) is 11.5. The van der Waals surface area contributed by atoms with Crippen molar-refractivity contribution in [2.45, 2.75) is 25.3 Å². The Morgan fingerprint density at radius 2 is 1.74 bits per heavy atom. The average molecular weight is 431 g/mol. The van der Waals surface area contributed by atoms with Crippen molar-refractivity contribution in [2.24, 2.45) is 0 Å². The maximum Gasteiger partial charge on any atom is 0.251 e. The maximum atomic E-state index is 12.5. The van der Waals surface area contributed by atoms with Crippen molar-refractivity contribution < 1.29 is 9.59 Å². The smallest absolute Gasteiger partial charge is 0.251 e. The van der Waals surface area contributed by atoms with E-state index in [2.05, 4.69) is 23.5 Å². The van der Waals surface area contributed by atoms with E-state index in [0.29, 0.717) is 24.4 Å². The van der Waals surface area contributed by atoms with Gasteiger partial charge in [-0.2, -0.15) is 0 Å². The van der Waals surface area contributed by atoms with Crippen LogP contribution in [0.15, 0.2) is 78.9 Å². The Labute approximate surface area is 187 Å². The molecule has 31 heavy (non-hydrogen) atoms. The quantitative estimate of drug-likeness (QED) is 0.589. The first kappa shape index (κ1) is 21.2. The van der Waals surface area contributed by atoms with Crippen molar-refractivity contribution in [3.63, 3.8) is 0 Å². The number of nitrogens with one attached hydrogen (secondary N) is 1. The summed E-state index contributed by atoms with van der Waals surface area (Å²) in [6.45, 7) is 3.24. The van der Waals surface area contributed by atoms with Crippen LogP contribution in [0, 0.1) is 6.92 Å². The minimum absolute atomic E-state index is 0.000572. The number of nitrogens with zero attached hydrogens (tertiary/aromatic N) is 1. The molecule has 5 heteroatoms. The normalized spacial score (nSPS) is 15.8. The number of amides is 2. The topological polar surface area (TPSA) is 49.4 Å². The van der Waals surface area contributed by atoms with E-state index >= 15 is 0 Å². The fourth-order valence-corrected chi connectivity index (χ4v) is 4.99. The van der Waals surface area contributed by atoms with Gasteiger partial charge >= 0.3 is 0 Å². The fraction of sp³-hybridized carbons (Fsp3) is 0.231. The first-order chi connectivity index (χ1) is 15.1. The molecule has 0 aromatic heterocycles. The molecule has 1 N–H and O–H groups in total. The van der Waals surface area contributed by atoms with E-state index in [1.54, 1.807) is 11.8 Å². The number of hydrogen-bond donors (Lipinski definition) is 1. The summed E-state index contributed by atoms with van der Waals surface area (Å²) < 4.78 is 0. The van der Waals surface area contributed by atoms with Crippen LogP contribution in [0.3, 0.4) is 0 Å². The van der Waals surface area contributed by atoms with Gasteiger partial charge in [0.15, 0.2) is 0 Å². The highest BCUT2D eigenvalue weighted by molar-refractivity contribution is 8.00. The lowest BCUT2D eigenvalue weighted by atomic mass is 10.1.